The van der Waals surface area contributed by atoms with E-state index in [4.69, 9.17) is 16.3 Å². The fraction of sp³-hybridized carbons (Fsp3) is 0.444. The quantitative estimate of drug-likeness (QED) is 0.836. The zero-order chi connectivity index (χ0) is 16.1. The molecule has 0 N–H and O–H groups in total. The van der Waals surface area contributed by atoms with Crippen molar-refractivity contribution in [3.05, 3.63) is 52.7 Å². The van der Waals surface area contributed by atoms with Crippen molar-refractivity contribution < 1.29 is 4.74 Å². The predicted molar refractivity (Wildman–Crippen MR) is 91.7 cm³/mol. The predicted octanol–water partition coefficient (Wildman–Crippen LogP) is 3.73. The van der Waals surface area contributed by atoms with Gasteiger partial charge in [-0.15, -0.1) is 5.10 Å². The molecule has 2 heterocycles. The second-order valence-corrected chi connectivity index (χ2v) is 6.61. The molecule has 2 aromatic rings. The number of aromatic nitrogens is 2. The molecule has 1 aromatic carbocycles. The molecule has 0 bridgehead atoms. The number of rotatable bonds is 5. The molecule has 122 valence electrons. The van der Waals surface area contributed by atoms with Crippen LogP contribution < -0.4 is 4.74 Å². The van der Waals surface area contributed by atoms with Gasteiger partial charge in [0, 0.05) is 17.6 Å². The van der Waals surface area contributed by atoms with Gasteiger partial charge in [0.05, 0.1) is 12.3 Å². The van der Waals surface area contributed by atoms with E-state index in [1.165, 1.54) is 5.56 Å². The molecule has 3 rings (SSSR count). The molecule has 0 unspecified atom stereocenters. The van der Waals surface area contributed by atoms with Crippen LogP contribution in [0.1, 0.15) is 24.1 Å². The van der Waals surface area contributed by atoms with Gasteiger partial charge in [-0.2, -0.15) is 5.10 Å². The van der Waals surface area contributed by atoms with Crippen LogP contribution in [0.25, 0.3) is 0 Å². The van der Waals surface area contributed by atoms with E-state index < -0.39 is 0 Å². The molecule has 5 heteroatoms. The molecule has 0 aliphatic carbocycles. The Morgan fingerprint density at radius 1 is 1.17 bits per heavy atom. The van der Waals surface area contributed by atoms with Crippen LogP contribution in [0.15, 0.2) is 36.4 Å². The first-order valence-electron chi connectivity index (χ1n) is 8.09. The smallest absolute Gasteiger partial charge is 0.233 e. The standard InChI is InChI=1S/C18H22ClN3O/c1-14-5-6-18(21-20-14)23-13-15-7-9-22(10-8-15)12-16-3-2-4-17(19)11-16/h2-6,11,15H,7-10,12-13H2,1H3. The lowest BCUT2D eigenvalue weighted by Crippen LogP contribution is -2.35. The van der Waals surface area contributed by atoms with Crippen LogP contribution in [0.4, 0.5) is 0 Å². The van der Waals surface area contributed by atoms with Gasteiger partial charge >= 0.3 is 0 Å². The monoisotopic (exact) mass is 331 g/mol. The fourth-order valence-corrected chi connectivity index (χ4v) is 3.08. The average molecular weight is 332 g/mol. The zero-order valence-electron chi connectivity index (χ0n) is 13.4. The Morgan fingerprint density at radius 3 is 2.70 bits per heavy atom. The van der Waals surface area contributed by atoms with Gasteiger partial charge in [-0.05, 0) is 62.5 Å². The highest BCUT2D eigenvalue weighted by atomic mass is 35.5. The molecule has 0 spiro atoms. The van der Waals surface area contributed by atoms with Gasteiger partial charge in [-0.3, -0.25) is 4.90 Å². The van der Waals surface area contributed by atoms with Crippen molar-refractivity contribution in [3.63, 3.8) is 0 Å². The summed E-state index contributed by atoms with van der Waals surface area (Å²) in [5.41, 5.74) is 2.19. The highest BCUT2D eigenvalue weighted by molar-refractivity contribution is 6.30. The van der Waals surface area contributed by atoms with Gasteiger partial charge in [0.2, 0.25) is 5.88 Å². The largest absolute Gasteiger partial charge is 0.476 e. The topological polar surface area (TPSA) is 38.2 Å². The van der Waals surface area contributed by atoms with Crippen LogP contribution in [-0.4, -0.2) is 34.8 Å². The van der Waals surface area contributed by atoms with Crippen molar-refractivity contribution in [1.82, 2.24) is 15.1 Å². The molecule has 0 radical (unpaired) electrons. The van der Waals surface area contributed by atoms with Crippen molar-refractivity contribution >= 4 is 11.6 Å². The molecule has 4 nitrogen and oxygen atoms in total. The third-order valence-electron chi connectivity index (χ3n) is 4.24. The fourth-order valence-electron chi connectivity index (χ4n) is 2.87. The third-order valence-corrected chi connectivity index (χ3v) is 4.48. The number of hydrogen-bond donors (Lipinski definition) is 0. The summed E-state index contributed by atoms with van der Waals surface area (Å²) in [6.45, 7) is 5.81. The highest BCUT2D eigenvalue weighted by Crippen LogP contribution is 2.21. The van der Waals surface area contributed by atoms with Crippen LogP contribution in [0.2, 0.25) is 5.02 Å². The van der Waals surface area contributed by atoms with Crippen LogP contribution in [0, 0.1) is 12.8 Å². The number of halogens is 1. The van der Waals surface area contributed by atoms with Gasteiger partial charge in [0.1, 0.15) is 0 Å². The normalized spacial score (nSPS) is 16.4. The first-order valence-corrected chi connectivity index (χ1v) is 8.47. The second kappa shape index (κ2) is 7.75. The van der Waals surface area contributed by atoms with Crippen molar-refractivity contribution in [2.24, 2.45) is 5.92 Å². The van der Waals surface area contributed by atoms with E-state index in [2.05, 4.69) is 21.2 Å². The van der Waals surface area contributed by atoms with Gasteiger partial charge in [-0.25, -0.2) is 0 Å². The lowest BCUT2D eigenvalue weighted by Gasteiger charge is -2.31. The van der Waals surface area contributed by atoms with E-state index in [0.717, 1.165) is 49.8 Å². The SMILES string of the molecule is Cc1ccc(OCC2CCN(Cc3cccc(Cl)c3)CC2)nn1. The van der Waals surface area contributed by atoms with Crippen molar-refractivity contribution in [1.29, 1.82) is 0 Å². The van der Waals surface area contributed by atoms with E-state index in [-0.39, 0.29) is 0 Å². The minimum atomic E-state index is 0.591. The number of ether oxygens (including phenoxy) is 1. The van der Waals surface area contributed by atoms with Crippen LogP contribution in [0.5, 0.6) is 5.88 Å². The van der Waals surface area contributed by atoms with Gasteiger partial charge < -0.3 is 4.74 Å². The Hall–Kier alpha value is -1.65. The molecular weight excluding hydrogens is 310 g/mol. The Morgan fingerprint density at radius 2 is 2.00 bits per heavy atom. The number of likely N-dealkylation sites (tertiary alicyclic amines) is 1. The van der Waals surface area contributed by atoms with E-state index in [9.17, 15) is 0 Å². The number of piperidine rings is 1. The van der Waals surface area contributed by atoms with Gasteiger partial charge in [0.15, 0.2) is 0 Å². The molecule has 1 aliphatic heterocycles. The van der Waals surface area contributed by atoms with Crippen molar-refractivity contribution in [2.45, 2.75) is 26.3 Å². The number of nitrogens with zero attached hydrogens (tertiary/aromatic N) is 3. The summed E-state index contributed by atoms with van der Waals surface area (Å²) in [6, 6.07) is 11.9. The molecule has 1 aromatic heterocycles. The third kappa shape index (κ3) is 4.91. The molecule has 0 amide bonds. The summed E-state index contributed by atoms with van der Waals surface area (Å²) in [4.78, 5) is 2.48. The van der Waals surface area contributed by atoms with E-state index in [1.807, 2.05) is 37.3 Å². The maximum atomic E-state index is 6.05. The van der Waals surface area contributed by atoms with Crippen LogP contribution >= 0.6 is 11.6 Å². The van der Waals surface area contributed by atoms with Crippen molar-refractivity contribution in [3.8, 4) is 5.88 Å². The Bertz CT molecular complexity index is 624. The molecule has 23 heavy (non-hydrogen) atoms. The Kier molecular flexibility index (Phi) is 5.47. The van der Waals surface area contributed by atoms with E-state index in [1.54, 1.807) is 0 Å². The van der Waals surface area contributed by atoms with E-state index in [0.29, 0.717) is 11.8 Å². The molecule has 0 atom stereocenters. The minimum absolute atomic E-state index is 0.591. The molecule has 0 saturated carbocycles. The van der Waals surface area contributed by atoms with Crippen molar-refractivity contribution in [2.75, 3.05) is 19.7 Å². The second-order valence-electron chi connectivity index (χ2n) is 6.17. The van der Waals surface area contributed by atoms with Crippen LogP contribution in [0.3, 0.4) is 0 Å². The van der Waals surface area contributed by atoms with E-state index >= 15 is 0 Å². The molecular formula is C18H22ClN3O. The Labute approximate surface area is 142 Å². The molecule has 1 aliphatic rings. The first kappa shape index (κ1) is 16.2. The average Bonchev–Trinajstić information content (AvgIpc) is 2.56. The summed E-state index contributed by atoms with van der Waals surface area (Å²) in [5.74, 6) is 1.21. The Balaban J connectivity index is 1.42. The summed E-state index contributed by atoms with van der Waals surface area (Å²) >= 11 is 6.05. The minimum Gasteiger partial charge on any atom is -0.476 e. The zero-order valence-corrected chi connectivity index (χ0v) is 14.2. The van der Waals surface area contributed by atoms with Gasteiger partial charge in [-0.1, -0.05) is 23.7 Å². The number of aryl methyl sites for hydroxylation is 1. The summed E-state index contributed by atoms with van der Waals surface area (Å²) < 4.78 is 5.76. The summed E-state index contributed by atoms with van der Waals surface area (Å²) in [5, 5.41) is 8.87. The summed E-state index contributed by atoms with van der Waals surface area (Å²) in [6.07, 6.45) is 2.31. The highest BCUT2D eigenvalue weighted by Gasteiger charge is 2.20. The maximum absolute atomic E-state index is 6.05. The summed E-state index contributed by atoms with van der Waals surface area (Å²) in [7, 11) is 0. The van der Waals surface area contributed by atoms with Gasteiger partial charge in [0.25, 0.3) is 0 Å². The lowest BCUT2D eigenvalue weighted by molar-refractivity contribution is 0.134. The molecule has 1 saturated heterocycles. The first-order chi connectivity index (χ1) is 11.2. The number of hydrogen-bond acceptors (Lipinski definition) is 4. The number of benzene rings is 1. The van der Waals surface area contributed by atoms with Crippen LogP contribution in [-0.2, 0) is 6.54 Å². The molecule has 1 fully saturated rings. The lowest BCUT2D eigenvalue weighted by atomic mass is 9.97. The maximum Gasteiger partial charge on any atom is 0.233 e.